The Morgan fingerprint density at radius 3 is 2.47 bits per heavy atom. The van der Waals surface area contributed by atoms with Crippen LogP contribution in [0, 0.1) is 5.92 Å². The molecule has 4 rings (SSSR count). The van der Waals surface area contributed by atoms with Gasteiger partial charge in [-0.3, -0.25) is 4.79 Å². The average molecular weight is 465 g/mol. The number of anilines is 1. The van der Waals surface area contributed by atoms with Crippen LogP contribution < -0.4 is 15.0 Å². The number of carboxylic acid groups (broad SMARTS) is 1. The summed E-state index contributed by atoms with van der Waals surface area (Å²) in [5.74, 6) is 0.585. The molecule has 1 aliphatic carbocycles. The zero-order valence-electron chi connectivity index (χ0n) is 19.4. The summed E-state index contributed by atoms with van der Waals surface area (Å²) in [5.41, 5.74) is 1.56. The summed E-state index contributed by atoms with van der Waals surface area (Å²) in [7, 11) is 0. The average Bonchev–Trinajstić information content (AvgIpc) is 3.38. The van der Waals surface area contributed by atoms with Crippen molar-refractivity contribution in [3.05, 3.63) is 59.8 Å². The first kappa shape index (κ1) is 23.8. The quantitative estimate of drug-likeness (QED) is 0.517. The van der Waals surface area contributed by atoms with Gasteiger partial charge in [0.15, 0.2) is 5.75 Å². The highest BCUT2D eigenvalue weighted by atomic mass is 16.5. The zero-order chi connectivity index (χ0) is 23.8. The number of carbonyl (C=O) groups excluding carboxylic acids is 1. The molecule has 1 aliphatic heterocycles. The maximum absolute atomic E-state index is 12.3. The summed E-state index contributed by atoms with van der Waals surface area (Å²) in [6.45, 7) is 3.01. The first-order chi connectivity index (χ1) is 16.6. The Morgan fingerprint density at radius 2 is 1.76 bits per heavy atom. The number of ether oxygens (including phenoxy) is 2. The molecule has 2 fully saturated rings. The third-order valence-electron chi connectivity index (χ3n) is 6.39. The molecule has 0 bridgehead atoms. The van der Waals surface area contributed by atoms with Crippen LogP contribution in [0.4, 0.5) is 5.69 Å². The number of nitrogens with one attached hydrogen (secondary N) is 1. The SMILES string of the molecule is O=C(CCC1CCCC1)N/C(=C/c1ccc(Oc2ccccc2N2CCOCC2)cc1)C(=O)O. The van der Waals surface area contributed by atoms with Crippen molar-refractivity contribution in [2.45, 2.75) is 38.5 Å². The Hall–Kier alpha value is -3.32. The van der Waals surface area contributed by atoms with Crippen LogP contribution in [0.2, 0.25) is 0 Å². The molecule has 2 aromatic rings. The van der Waals surface area contributed by atoms with E-state index in [1.165, 1.54) is 31.8 Å². The molecule has 0 radical (unpaired) electrons. The molecule has 0 atom stereocenters. The van der Waals surface area contributed by atoms with E-state index in [4.69, 9.17) is 9.47 Å². The molecule has 1 amide bonds. The number of amides is 1. The number of hydrogen-bond donors (Lipinski definition) is 2. The van der Waals surface area contributed by atoms with E-state index in [0.717, 1.165) is 30.9 Å². The van der Waals surface area contributed by atoms with Crippen molar-refractivity contribution in [2.75, 3.05) is 31.2 Å². The fraction of sp³-hybridized carbons (Fsp3) is 0.407. The largest absolute Gasteiger partial charge is 0.477 e. The summed E-state index contributed by atoms with van der Waals surface area (Å²) in [6, 6.07) is 15.0. The number of morpholine rings is 1. The molecule has 180 valence electrons. The predicted molar refractivity (Wildman–Crippen MR) is 131 cm³/mol. The Morgan fingerprint density at radius 1 is 1.06 bits per heavy atom. The lowest BCUT2D eigenvalue weighted by molar-refractivity contribution is -0.134. The second kappa shape index (κ2) is 11.7. The molecule has 2 aromatic carbocycles. The fourth-order valence-electron chi connectivity index (χ4n) is 4.53. The predicted octanol–water partition coefficient (Wildman–Crippen LogP) is 4.83. The lowest BCUT2D eigenvalue weighted by Crippen LogP contribution is -2.36. The van der Waals surface area contributed by atoms with E-state index in [9.17, 15) is 14.7 Å². The van der Waals surface area contributed by atoms with Crippen molar-refractivity contribution in [1.29, 1.82) is 0 Å². The molecule has 7 heteroatoms. The van der Waals surface area contributed by atoms with Gasteiger partial charge in [-0.15, -0.1) is 0 Å². The van der Waals surface area contributed by atoms with E-state index in [0.29, 0.717) is 36.9 Å². The van der Waals surface area contributed by atoms with Gasteiger partial charge < -0.3 is 24.8 Å². The van der Waals surface area contributed by atoms with Gasteiger partial charge in [-0.2, -0.15) is 0 Å². The van der Waals surface area contributed by atoms with Crippen LogP contribution in [0.25, 0.3) is 6.08 Å². The van der Waals surface area contributed by atoms with Gasteiger partial charge in [0.1, 0.15) is 11.4 Å². The van der Waals surface area contributed by atoms with Gasteiger partial charge in [0, 0.05) is 19.5 Å². The minimum absolute atomic E-state index is 0.122. The summed E-state index contributed by atoms with van der Waals surface area (Å²) in [5, 5.41) is 12.1. The smallest absolute Gasteiger partial charge is 0.352 e. The molecule has 2 N–H and O–H groups in total. The van der Waals surface area contributed by atoms with E-state index >= 15 is 0 Å². The van der Waals surface area contributed by atoms with E-state index in [2.05, 4.69) is 10.2 Å². The topological polar surface area (TPSA) is 88.1 Å². The standard InChI is InChI=1S/C27H32N2O5/c30-26(14-11-20-5-1-2-6-20)28-23(27(31)32)19-21-9-12-22(13-10-21)34-25-8-4-3-7-24(25)29-15-17-33-18-16-29/h3-4,7-10,12-13,19-20H,1-2,5-6,11,14-18H2,(H,28,30)(H,31,32)/b23-19+. The number of hydrogen-bond acceptors (Lipinski definition) is 5. The van der Waals surface area contributed by atoms with E-state index < -0.39 is 5.97 Å². The lowest BCUT2D eigenvalue weighted by Gasteiger charge is -2.30. The van der Waals surface area contributed by atoms with Crippen LogP contribution in [-0.4, -0.2) is 43.3 Å². The second-order valence-corrected chi connectivity index (χ2v) is 8.84. The van der Waals surface area contributed by atoms with Gasteiger partial charge in [-0.1, -0.05) is 49.9 Å². The van der Waals surface area contributed by atoms with Crippen molar-refractivity contribution < 1.29 is 24.2 Å². The van der Waals surface area contributed by atoms with Gasteiger partial charge >= 0.3 is 5.97 Å². The van der Waals surface area contributed by atoms with Crippen molar-refractivity contribution in [2.24, 2.45) is 5.92 Å². The Balaban J connectivity index is 1.39. The molecule has 0 aromatic heterocycles. The van der Waals surface area contributed by atoms with Crippen molar-refractivity contribution >= 4 is 23.6 Å². The lowest BCUT2D eigenvalue weighted by atomic mass is 10.0. The van der Waals surface area contributed by atoms with Crippen LogP contribution in [0.3, 0.4) is 0 Å². The minimum Gasteiger partial charge on any atom is -0.477 e. The van der Waals surface area contributed by atoms with Crippen molar-refractivity contribution in [3.8, 4) is 11.5 Å². The highest BCUT2D eigenvalue weighted by Crippen LogP contribution is 2.33. The monoisotopic (exact) mass is 464 g/mol. The third-order valence-corrected chi connectivity index (χ3v) is 6.39. The van der Waals surface area contributed by atoms with Crippen molar-refractivity contribution in [3.63, 3.8) is 0 Å². The molecule has 0 spiro atoms. The second-order valence-electron chi connectivity index (χ2n) is 8.84. The normalized spacial score (nSPS) is 16.9. The molecule has 2 aliphatic rings. The molecular formula is C27H32N2O5. The van der Waals surface area contributed by atoms with Crippen LogP contribution in [0.5, 0.6) is 11.5 Å². The van der Waals surface area contributed by atoms with Gasteiger partial charge in [0.05, 0.1) is 18.9 Å². The number of carboxylic acids is 1. The summed E-state index contributed by atoms with van der Waals surface area (Å²) >= 11 is 0. The van der Waals surface area contributed by atoms with Crippen molar-refractivity contribution in [1.82, 2.24) is 5.32 Å². The molecule has 1 saturated heterocycles. The van der Waals surface area contributed by atoms with Gasteiger partial charge in [-0.25, -0.2) is 4.79 Å². The van der Waals surface area contributed by atoms with Crippen LogP contribution >= 0.6 is 0 Å². The summed E-state index contributed by atoms with van der Waals surface area (Å²) < 4.78 is 11.6. The first-order valence-electron chi connectivity index (χ1n) is 12.0. The Labute approximate surface area is 200 Å². The minimum atomic E-state index is -1.16. The van der Waals surface area contributed by atoms with E-state index in [-0.39, 0.29) is 11.6 Å². The summed E-state index contributed by atoms with van der Waals surface area (Å²) in [4.78, 5) is 26.2. The number of nitrogens with zero attached hydrogens (tertiary/aromatic N) is 1. The number of carbonyl (C=O) groups is 2. The molecule has 0 unspecified atom stereocenters. The third kappa shape index (κ3) is 6.60. The van der Waals surface area contributed by atoms with E-state index in [1.54, 1.807) is 24.3 Å². The maximum atomic E-state index is 12.3. The highest BCUT2D eigenvalue weighted by molar-refractivity contribution is 5.96. The summed E-state index contributed by atoms with van der Waals surface area (Å²) in [6.07, 6.45) is 7.43. The molecule has 1 saturated carbocycles. The number of aliphatic carboxylic acids is 1. The van der Waals surface area contributed by atoms with Crippen LogP contribution in [0.1, 0.15) is 44.1 Å². The number of benzene rings is 2. The Bertz CT molecular complexity index is 1010. The maximum Gasteiger partial charge on any atom is 0.352 e. The molecule has 34 heavy (non-hydrogen) atoms. The Kier molecular flexibility index (Phi) is 8.20. The van der Waals surface area contributed by atoms with Crippen LogP contribution in [-0.2, 0) is 14.3 Å². The van der Waals surface area contributed by atoms with Gasteiger partial charge in [-0.05, 0) is 48.2 Å². The van der Waals surface area contributed by atoms with Crippen LogP contribution in [0.15, 0.2) is 54.2 Å². The van der Waals surface area contributed by atoms with E-state index in [1.807, 2.05) is 24.3 Å². The van der Waals surface area contributed by atoms with Gasteiger partial charge in [0.2, 0.25) is 5.91 Å². The first-order valence-corrected chi connectivity index (χ1v) is 12.0. The number of para-hydroxylation sites is 2. The zero-order valence-corrected chi connectivity index (χ0v) is 19.4. The molecular weight excluding hydrogens is 432 g/mol. The number of rotatable bonds is 9. The molecule has 7 nitrogen and oxygen atoms in total. The fourth-order valence-corrected chi connectivity index (χ4v) is 4.53. The highest BCUT2D eigenvalue weighted by Gasteiger charge is 2.18. The van der Waals surface area contributed by atoms with Gasteiger partial charge in [0.25, 0.3) is 0 Å². The molecule has 1 heterocycles.